The van der Waals surface area contributed by atoms with Crippen molar-refractivity contribution in [3.63, 3.8) is 0 Å². The number of rotatable bonds is 7. The van der Waals surface area contributed by atoms with Crippen LogP contribution in [-0.4, -0.2) is 43.5 Å². The molecule has 2 aromatic heterocycles. The van der Waals surface area contributed by atoms with Crippen LogP contribution in [0.5, 0.6) is 0 Å². The van der Waals surface area contributed by atoms with Gasteiger partial charge >= 0.3 is 0 Å². The number of furan rings is 1. The standard InChI is InChI=1S/C20H28N6O2/c1-22-20(24-10-6-17-5-3-13-28-17)25-14-16-4-2-9-23-19(16)26-11-7-15(8-12-26)18(21)27/h2-5,9,13,15H,6-8,10-12,14H2,1H3,(H2,21,27)(H2,22,24,25). The highest BCUT2D eigenvalue weighted by atomic mass is 16.3. The summed E-state index contributed by atoms with van der Waals surface area (Å²) >= 11 is 0. The van der Waals surface area contributed by atoms with Crippen LogP contribution in [0.4, 0.5) is 5.82 Å². The Morgan fingerprint density at radius 3 is 2.82 bits per heavy atom. The molecular formula is C20H28N6O2. The van der Waals surface area contributed by atoms with Crippen LogP contribution in [0.25, 0.3) is 0 Å². The van der Waals surface area contributed by atoms with Gasteiger partial charge in [0, 0.05) is 57.3 Å². The Morgan fingerprint density at radius 1 is 1.32 bits per heavy atom. The molecule has 0 saturated carbocycles. The van der Waals surface area contributed by atoms with E-state index in [4.69, 9.17) is 10.2 Å². The zero-order chi connectivity index (χ0) is 19.8. The van der Waals surface area contributed by atoms with Crippen molar-refractivity contribution in [1.29, 1.82) is 0 Å². The molecule has 4 N–H and O–H groups in total. The van der Waals surface area contributed by atoms with Gasteiger partial charge < -0.3 is 25.7 Å². The molecule has 0 spiro atoms. The third-order valence-corrected chi connectivity index (χ3v) is 4.98. The molecule has 0 aromatic carbocycles. The number of amides is 1. The van der Waals surface area contributed by atoms with E-state index in [1.807, 2.05) is 18.2 Å². The average molecular weight is 384 g/mol. The largest absolute Gasteiger partial charge is 0.469 e. The molecule has 1 aliphatic heterocycles. The van der Waals surface area contributed by atoms with Crippen molar-refractivity contribution >= 4 is 17.7 Å². The Bertz CT molecular complexity index is 782. The maximum absolute atomic E-state index is 11.4. The van der Waals surface area contributed by atoms with E-state index >= 15 is 0 Å². The maximum Gasteiger partial charge on any atom is 0.220 e. The smallest absolute Gasteiger partial charge is 0.220 e. The third kappa shape index (κ3) is 5.25. The van der Waals surface area contributed by atoms with Gasteiger partial charge in [0.25, 0.3) is 0 Å². The predicted molar refractivity (Wildman–Crippen MR) is 109 cm³/mol. The highest BCUT2D eigenvalue weighted by Crippen LogP contribution is 2.24. The van der Waals surface area contributed by atoms with Gasteiger partial charge in [0.15, 0.2) is 5.96 Å². The van der Waals surface area contributed by atoms with Crippen molar-refractivity contribution in [2.75, 3.05) is 31.6 Å². The second-order valence-electron chi connectivity index (χ2n) is 6.83. The fraction of sp³-hybridized carbons (Fsp3) is 0.450. The van der Waals surface area contributed by atoms with E-state index in [2.05, 4.69) is 31.6 Å². The summed E-state index contributed by atoms with van der Waals surface area (Å²) in [6, 6.07) is 7.84. The summed E-state index contributed by atoms with van der Waals surface area (Å²) in [6.45, 7) is 2.91. The summed E-state index contributed by atoms with van der Waals surface area (Å²) in [5.74, 6) is 2.39. The van der Waals surface area contributed by atoms with E-state index in [1.165, 1.54) is 0 Å². The van der Waals surface area contributed by atoms with Gasteiger partial charge in [-0.15, -0.1) is 0 Å². The second kappa shape index (κ2) is 9.77. The molecule has 1 amide bonds. The average Bonchev–Trinajstić information content (AvgIpc) is 3.24. The number of aliphatic imine (C=N–C) groups is 1. The van der Waals surface area contributed by atoms with Gasteiger partial charge in [0.2, 0.25) is 5.91 Å². The number of anilines is 1. The van der Waals surface area contributed by atoms with E-state index in [9.17, 15) is 4.79 Å². The fourth-order valence-corrected chi connectivity index (χ4v) is 3.39. The van der Waals surface area contributed by atoms with Crippen molar-refractivity contribution in [2.45, 2.75) is 25.8 Å². The SMILES string of the molecule is CN=C(NCCc1ccco1)NCc1cccnc1N1CCC(C(N)=O)CC1. The molecule has 8 nitrogen and oxygen atoms in total. The molecule has 1 aliphatic rings. The van der Waals surface area contributed by atoms with Gasteiger partial charge in [-0.05, 0) is 31.0 Å². The summed E-state index contributed by atoms with van der Waals surface area (Å²) in [5, 5.41) is 6.63. The summed E-state index contributed by atoms with van der Waals surface area (Å²) < 4.78 is 5.34. The molecule has 0 aliphatic carbocycles. The van der Waals surface area contributed by atoms with Gasteiger partial charge in [-0.1, -0.05) is 6.07 Å². The van der Waals surface area contributed by atoms with Crippen LogP contribution in [0.3, 0.4) is 0 Å². The third-order valence-electron chi connectivity index (χ3n) is 4.98. The van der Waals surface area contributed by atoms with Gasteiger partial charge in [-0.2, -0.15) is 0 Å². The second-order valence-corrected chi connectivity index (χ2v) is 6.83. The lowest BCUT2D eigenvalue weighted by molar-refractivity contribution is -0.122. The van der Waals surface area contributed by atoms with Crippen LogP contribution in [0.15, 0.2) is 46.1 Å². The number of nitrogens with one attached hydrogen (secondary N) is 2. The van der Waals surface area contributed by atoms with Crippen molar-refractivity contribution in [3.8, 4) is 0 Å². The number of nitrogens with zero attached hydrogens (tertiary/aromatic N) is 3. The molecule has 0 atom stereocenters. The maximum atomic E-state index is 11.4. The van der Waals surface area contributed by atoms with E-state index in [0.29, 0.717) is 6.54 Å². The number of piperidine rings is 1. The van der Waals surface area contributed by atoms with Crippen LogP contribution in [0, 0.1) is 5.92 Å². The summed E-state index contributed by atoms with van der Waals surface area (Å²) in [7, 11) is 1.75. The molecule has 1 fully saturated rings. The molecular weight excluding hydrogens is 356 g/mol. The molecule has 2 aromatic rings. The first-order valence-electron chi connectivity index (χ1n) is 9.62. The molecule has 3 heterocycles. The Morgan fingerprint density at radius 2 is 2.14 bits per heavy atom. The molecule has 28 heavy (non-hydrogen) atoms. The molecule has 1 saturated heterocycles. The summed E-state index contributed by atoms with van der Waals surface area (Å²) in [6.07, 6.45) is 5.82. The van der Waals surface area contributed by atoms with Gasteiger partial charge in [-0.25, -0.2) is 4.98 Å². The molecule has 150 valence electrons. The number of aromatic nitrogens is 1. The van der Waals surface area contributed by atoms with Crippen LogP contribution in [-0.2, 0) is 17.8 Å². The van der Waals surface area contributed by atoms with Crippen molar-refractivity contribution in [3.05, 3.63) is 48.0 Å². The Hall–Kier alpha value is -3.03. The lowest BCUT2D eigenvalue weighted by atomic mass is 9.96. The number of pyridine rings is 1. The lowest BCUT2D eigenvalue weighted by Crippen LogP contribution is -2.40. The normalized spacial score (nSPS) is 15.5. The number of hydrogen-bond donors (Lipinski definition) is 3. The molecule has 8 heteroatoms. The van der Waals surface area contributed by atoms with E-state index < -0.39 is 0 Å². The fourth-order valence-electron chi connectivity index (χ4n) is 3.39. The Kier molecular flexibility index (Phi) is 6.89. The van der Waals surface area contributed by atoms with Crippen molar-refractivity contribution < 1.29 is 9.21 Å². The number of hydrogen-bond acceptors (Lipinski definition) is 5. The highest BCUT2D eigenvalue weighted by molar-refractivity contribution is 5.79. The monoisotopic (exact) mass is 384 g/mol. The van der Waals surface area contributed by atoms with E-state index in [0.717, 1.165) is 62.0 Å². The first kappa shape index (κ1) is 19.7. The van der Waals surface area contributed by atoms with Gasteiger partial charge in [0.1, 0.15) is 11.6 Å². The minimum atomic E-state index is -0.202. The quantitative estimate of drug-likeness (QED) is 0.490. The van der Waals surface area contributed by atoms with Crippen molar-refractivity contribution in [2.24, 2.45) is 16.6 Å². The summed E-state index contributed by atoms with van der Waals surface area (Å²) in [4.78, 5) is 22.5. The van der Waals surface area contributed by atoms with Crippen LogP contribution in [0.2, 0.25) is 0 Å². The molecule has 3 rings (SSSR count). The zero-order valence-corrected chi connectivity index (χ0v) is 16.2. The number of carbonyl (C=O) groups excluding carboxylic acids is 1. The minimum Gasteiger partial charge on any atom is -0.469 e. The first-order chi connectivity index (χ1) is 13.7. The van der Waals surface area contributed by atoms with Gasteiger partial charge in [0.05, 0.1) is 6.26 Å². The minimum absolute atomic E-state index is 0.0290. The predicted octanol–water partition coefficient (Wildman–Crippen LogP) is 1.28. The topological polar surface area (TPSA) is 109 Å². The van der Waals surface area contributed by atoms with Crippen LogP contribution < -0.4 is 21.3 Å². The number of carbonyl (C=O) groups is 1. The number of primary amides is 1. The first-order valence-corrected chi connectivity index (χ1v) is 9.62. The number of guanidine groups is 1. The lowest BCUT2D eigenvalue weighted by Gasteiger charge is -2.32. The Labute approximate surface area is 165 Å². The Balaban J connectivity index is 1.53. The highest BCUT2D eigenvalue weighted by Gasteiger charge is 2.24. The summed E-state index contributed by atoms with van der Waals surface area (Å²) in [5.41, 5.74) is 6.53. The van der Waals surface area contributed by atoms with E-state index in [1.54, 1.807) is 19.5 Å². The molecule has 0 bridgehead atoms. The molecule has 0 unspecified atom stereocenters. The van der Waals surface area contributed by atoms with E-state index in [-0.39, 0.29) is 11.8 Å². The molecule has 0 radical (unpaired) electrons. The van der Waals surface area contributed by atoms with Gasteiger partial charge in [-0.3, -0.25) is 9.79 Å². The van der Waals surface area contributed by atoms with Crippen molar-refractivity contribution in [1.82, 2.24) is 15.6 Å². The zero-order valence-electron chi connectivity index (χ0n) is 16.2. The van der Waals surface area contributed by atoms with Crippen LogP contribution in [0.1, 0.15) is 24.2 Å². The van der Waals surface area contributed by atoms with Crippen LogP contribution >= 0.6 is 0 Å². The number of nitrogens with two attached hydrogens (primary N) is 1.